The molecule has 0 atom stereocenters. The lowest BCUT2D eigenvalue weighted by atomic mass is 9.92. The quantitative estimate of drug-likeness (QED) is 0.894. The van der Waals surface area contributed by atoms with Crippen molar-refractivity contribution < 1.29 is 9.90 Å². The Labute approximate surface area is 124 Å². The number of aliphatic hydroxyl groups is 1. The first-order chi connectivity index (χ1) is 10.1. The van der Waals surface area contributed by atoms with E-state index < -0.39 is 0 Å². The van der Waals surface area contributed by atoms with Crippen molar-refractivity contribution in [3.63, 3.8) is 0 Å². The second-order valence-corrected chi connectivity index (χ2v) is 6.25. The van der Waals surface area contributed by atoms with Crippen molar-refractivity contribution in [3.8, 4) is 6.07 Å². The molecule has 2 saturated carbocycles. The second-order valence-electron chi connectivity index (χ2n) is 6.25. The average molecular weight is 284 g/mol. The van der Waals surface area contributed by atoms with Gasteiger partial charge in [-0.1, -0.05) is 12.1 Å². The second kappa shape index (κ2) is 5.50. The lowest BCUT2D eigenvalue weighted by molar-refractivity contribution is 0.0867. The normalized spacial score (nSPS) is 26.7. The molecule has 21 heavy (non-hydrogen) atoms. The fourth-order valence-electron chi connectivity index (χ4n) is 3.02. The van der Waals surface area contributed by atoms with Gasteiger partial charge in [0.2, 0.25) is 0 Å². The zero-order valence-corrected chi connectivity index (χ0v) is 12.0. The number of amides is 1. The highest BCUT2D eigenvalue weighted by molar-refractivity contribution is 5.94. The summed E-state index contributed by atoms with van der Waals surface area (Å²) in [6.45, 7) is 0. The Balaban J connectivity index is 1.62. The van der Waals surface area contributed by atoms with Crippen molar-refractivity contribution >= 4 is 5.91 Å². The Morgan fingerprint density at radius 2 is 1.81 bits per heavy atom. The standard InChI is InChI=1S/C17H20N2O2/c18-11-17(9-10-17)13-3-1-12(2-4-13)16(21)19-14-5-7-15(20)8-6-14/h1-4,14-15,20H,5-10H2,(H,19,21). The van der Waals surface area contributed by atoms with Crippen LogP contribution in [0.2, 0.25) is 0 Å². The Morgan fingerprint density at radius 1 is 1.19 bits per heavy atom. The summed E-state index contributed by atoms with van der Waals surface area (Å²) in [6, 6.07) is 9.93. The van der Waals surface area contributed by atoms with E-state index in [1.807, 2.05) is 12.1 Å². The molecular weight excluding hydrogens is 264 g/mol. The molecule has 0 spiro atoms. The molecule has 1 aromatic carbocycles. The highest BCUT2D eigenvalue weighted by Gasteiger charge is 2.44. The Hall–Kier alpha value is -1.86. The van der Waals surface area contributed by atoms with Crippen LogP contribution in [0.3, 0.4) is 0 Å². The lowest BCUT2D eigenvalue weighted by Gasteiger charge is -2.26. The number of hydrogen-bond acceptors (Lipinski definition) is 3. The number of hydrogen-bond donors (Lipinski definition) is 2. The van der Waals surface area contributed by atoms with Crippen LogP contribution in [0.5, 0.6) is 0 Å². The van der Waals surface area contributed by atoms with Crippen LogP contribution in [0.4, 0.5) is 0 Å². The number of carbonyl (C=O) groups is 1. The van der Waals surface area contributed by atoms with E-state index in [2.05, 4.69) is 11.4 Å². The van der Waals surface area contributed by atoms with Gasteiger partial charge in [0.25, 0.3) is 5.91 Å². The molecule has 4 heteroatoms. The molecule has 0 radical (unpaired) electrons. The van der Waals surface area contributed by atoms with Crippen molar-refractivity contribution in [2.45, 2.75) is 56.1 Å². The van der Waals surface area contributed by atoms with E-state index in [0.29, 0.717) is 5.56 Å². The van der Waals surface area contributed by atoms with Crippen LogP contribution in [-0.4, -0.2) is 23.2 Å². The minimum atomic E-state index is -0.297. The number of rotatable bonds is 3. The monoisotopic (exact) mass is 284 g/mol. The molecule has 0 bridgehead atoms. The highest BCUT2D eigenvalue weighted by Crippen LogP contribution is 2.47. The van der Waals surface area contributed by atoms with Gasteiger partial charge >= 0.3 is 0 Å². The minimum Gasteiger partial charge on any atom is -0.393 e. The number of aliphatic hydroxyl groups excluding tert-OH is 1. The van der Waals surface area contributed by atoms with Gasteiger partial charge in [-0.15, -0.1) is 0 Å². The first kappa shape index (κ1) is 14.1. The number of nitrogens with one attached hydrogen (secondary N) is 1. The molecule has 2 aliphatic rings. The van der Waals surface area contributed by atoms with Crippen LogP contribution < -0.4 is 5.32 Å². The van der Waals surface area contributed by atoms with Gasteiger partial charge in [-0.2, -0.15) is 5.26 Å². The SMILES string of the molecule is N#CC1(c2ccc(C(=O)NC3CCC(O)CC3)cc2)CC1. The van der Waals surface area contributed by atoms with Crippen molar-refractivity contribution in [3.05, 3.63) is 35.4 Å². The molecule has 0 saturated heterocycles. The summed E-state index contributed by atoms with van der Waals surface area (Å²) in [5, 5.41) is 21.7. The molecule has 2 N–H and O–H groups in total. The number of nitrogens with zero attached hydrogens (tertiary/aromatic N) is 1. The molecule has 1 amide bonds. The largest absolute Gasteiger partial charge is 0.393 e. The summed E-state index contributed by atoms with van der Waals surface area (Å²) in [6.07, 6.45) is 4.81. The topological polar surface area (TPSA) is 73.1 Å². The summed E-state index contributed by atoms with van der Waals surface area (Å²) < 4.78 is 0. The Morgan fingerprint density at radius 3 is 2.33 bits per heavy atom. The number of carbonyl (C=O) groups excluding carboxylic acids is 1. The van der Waals surface area contributed by atoms with Gasteiger partial charge in [-0.05, 0) is 56.2 Å². The third-order valence-electron chi connectivity index (χ3n) is 4.70. The fourth-order valence-corrected chi connectivity index (χ4v) is 3.02. The maximum atomic E-state index is 12.2. The van der Waals surface area contributed by atoms with Crippen LogP contribution in [0, 0.1) is 11.3 Å². The van der Waals surface area contributed by atoms with E-state index in [9.17, 15) is 15.2 Å². The molecule has 0 aliphatic heterocycles. The van der Waals surface area contributed by atoms with E-state index >= 15 is 0 Å². The van der Waals surface area contributed by atoms with Crippen molar-refractivity contribution in [2.75, 3.05) is 0 Å². The van der Waals surface area contributed by atoms with E-state index in [4.69, 9.17) is 0 Å². The van der Waals surface area contributed by atoms with E-state index in [0.717, 1.165) is 44.1 Å². The van der Waals surface area contributed by atoms with Crippen molar-refractivity contribution in [1.29, 1.82) is 5.26 Å². The zero-order valence-electron chi connectivity index (χ0n) is 12.0. The van der Waals surface area contributed by atoms with E-state index in [-0.39, 0.29) is 23.5 Å². The summed E-state index contributed by atoms with van der Waals surface area (Å²) in [4.78, 5) is 12.2. The first-order valence-corrected chi connectivity index (χ1v) is 7.64. The van der Waals surface area contributed by atoms with Crippen LogP contribution in [-0.2, 0) is 5.41 Å². The molecule has 1 aromatic rings. The minimum absolute atomic E-state index is 0.0651. The van der Waals surface area contributed by atoms with E-state index in [1.165, 1.54) is 0 Å². The molecule has 0 heterocycles. The van der Waals surface area contributed by atoms with Gasteiger partial charge < -0.3 is 10.4 Å². The van der Waals surface area contributed by atoms with E-state index in [1.54, 1.807) is 12.1 Å². The molecule has 4 nitrogen and oxygen atoms in total. The van der Waals surface area contributed by atoms with Gasteiger partial charge in [0.1, 0.15) is 0 Å². The summed E-state index contributed by atoms with van der Waals surface area (Å²) in [5.74, 6) is -0.0651. The van der Waals surface area contributed by atoms with Gasteiger partial charge in [-0.3, -0.25) is 4.79 Å². The maximum Gasteiger partial charge on any atom is 0.251 e. The Kier molecular flexibility index (Phi) is 3.69. The number of nitriles is 1. The molecule has 2 fully saturated rings. The van der Waals surface area contributed by atoms with Gasteiger partial charge in [0, 0.05) is 11.6 Å². The Bertz CT molecular complexity index is 561. The molecule has 0 aromatic heterocycles. The van der Waals surface area contributed by atoms with Crippen LogP contribution in [0.25, 0.3) is 0 Å². The van der Waals surface area contributed by atoms with Crippen LogP contribution >= 0.6 is 0 Å². The van der Waals surface area contributed by atoms with Gasteiger partial charge in [-0.25, -0.2) is 0 Å². The molecule has 110 valence electrons. The van der Waals surface area contributed by atoms with Crippen LogP contribution in [0.1, 0.15) is 54.4 Å². The average Bonchev–Trinajstić information content (AvgIpc) is 3.31. The summed E-state index contributed by atoms with van der Waals surface area (Å²) in [7, 11) is 0. The smallest absolute Gasteiger partial charge is 0.251 e. The summed E-state index contributed by atoms with van der Waals surface area (Å²) >= 11 is 0. The molecule has 0 unspecified atom stereocenters. The predicted octanol–water partition coefficient (Wildman–Crippen LogP) is 2.28. The predicted molar refractivity (Wildman–Crippen MR) is 78.7 cm³/mol. The van der Waals surface area contributed by atoms with Gasteiger partial charge in [0.05, 0.1) is 17.6 Å². The maximum absolute atomic E-state index is 12.2. The van der Waals surface area contributed by atoms with Crippen molar-refractivity contribution in [2.24, 2.45) is 0 Å². The zero-order chi connectivity index (χ0) is 14.9. The third kappa shape index (κ3) is 2.93. The molecular formula is C17H20N2O2. The lowest BCUT2D eigenvalue weighted by Crippen LogP contribution is -2.38. The van der Waals surface area contributed by atoms with Crippen molar-refractivity contribution in [1.82, 2.24) is 5.32 Å². The van der Waals surface area contributed by atoms with Crippen LogP contribution in [0.15, 0.2) is 24.3 Å². The highest BCUT2D eigenvalue weighted by atomic mass is 16.3. The molecule has 2 aliphatic carbocycles. The number of benzene rings is 1. The third-order valence-corrected chi connectivity index (χ3v) is 4.70. The summed E-state index contributed by atoms with van der Waals surface area (Å²) in [5.41, 5.74) is 1.36. The molecule has 3 rings (SSSR count). The van der Waals surface area contributed by atoms with Gasteiger partial charge in [0.15, 0.2) is 0 Å². The first-order valence-electron chi connectivity index (χ1n) is 7.64. The fraction of sp³-hybridized carbons (Fsp3) is 0.529.